The molecule has 0 saturated heterocycles. The molecular formula is C9H14N2O3. The van der Waals surface area contributed by atoms with Gasteiger partial charge in [0.2, 0.25) is 5.91 Å². The number of hydrogen-bond acceptors (Lipinski definition) is 4. The molecule has 0 aliphatic heterocycles. The molecule has 0 spiro atoms. The van der Waals surface area contributed by atoms with E-state index in [9.17, 15) is 4.79 Å². The number of aromatic nitrogens is 1. The number of aliphatic hydroxyl groups excluding tert-OH is 1. The zero-order valence-corrected chi connectivity index (χ0v) is 8.28. The molecule has 78 valence electrons. The Hall–Kier alpha value is -1.36. The van der Waals surface area contributed by atoms with E-state index in [0.29, 0.717) is 11.5 Å². The molecule has 5 nitrogen and oxygen atoms in total. The van der Waals surface area contributed by atoms with Crippen LogP contribution in [0.15, 0.2) is 10.6 Å². The van der Waals surface area contributed by atoms with Crippen molar-refractivity contribution in [1.82, 2.24) is 5.16 Å². The number of amides is 1. The van der Waals surface area contributed by atoms with Crippen molar-refractivity contribution in [3.63, 3.8) is 0 Å². The van der Waals surface area contributed by atoms with Crippen molar-refractivity contribution in [2.75, 3.05) is 6.61 Å². The molecule has 1 rings (SSSR count). The highest BCUT2D eigenvalue weighted by molar-refractivity contribution is 5.75. The third-order valence-electron chi connectivity index (χ3n) is 2.00. The van der Waals surface area contributed by atoms with Crippen LogP contribution in [0.25, 0.3) is 0 Å². The first kappa shape index (κ1) is 10.7. The third kappa shape index (κ3) is 2.32. The van der Waals surface area contributed by atoms with Crippen LogP contribution in [0.2, 0.25) is 0 Å². The fraction of sp³-hybridized carbons (Fsp3) is 0.556. The zero-order chi connectivity index (χ0) is 10.8. The van der Waals surface area contributed by atoms with Gasteiger partial charge < -0.3 is 15.4 Å². The van der Waals surface area contributed by atoms with Crippen LogP contribution in [0, 0.1) is 0 Å². The Labute approximate surface area is 81.9 Å². The minimum absolute atomic E-state index is 0.0322. The van der Waals surface area contributed by atoms with Gasteiger partial charge in [0, 0.05) is 11.5 Å². The van der Waals surface area contributed by atoms with Crippen LogP contribution in [0.4, 0.5) is 0 Å². The first-order valence-electron chi connectivity index (χ1n) is 4.31. The fourth-order valence-corrected chi connectivity index (χ4v) is 0.968. The molecule has 1 amide bonds. The molecule has 0 unspecified atom stereocenters. The summed E-state index contributed by atoms with van der Waals surface area (Å²) >= 11 is 0. The first-order chi connectivity index (χ1) is 6.45. The number of carbonyl (C=O) groups excluding carboxylic acids is 1. The van der Waals surface area contributed by atoms with Crippen molar-refractivity contribution in [3.8, 4) is 0 Å². The molecule has 0 fully saturated rings. The third-order valence-corrected chi connectivity index (χ3v) is 2.00. The Bertz CT molecular complexity index is 331. The summed E-state index contributed by atoms with van der Waals surface area (Å²) in [6.07, 6.45) is 0.0362. The monoisotopic (exact) mass is 198 g/mol. The van der Waals surface area contributed by atoms with Gasteiger partial charge in [-0.1, -0.05) is 19.0 Å². The number of hydrogen-bond donors (Lipinski definition) is 2. The van der Waals surface area contributed by atoms with E-state index in [1.165, 1.54) is 0 Å². The molecule has 0 bridgehead atoms. The summed E-state index contributed by atoms with van der Waals surface area (Å²) in [5.41, 5.74) is 5.16. The van der Waals surface area contributed by atoms with Gasteiger partial charge in [0.05, 0.1) is 18.7 Å². The molecule has 1 aromatic rings. The maximum absolute atomic E-state index is 10.6. The van der Waals surface area contributed by atoms with Crippen LogP contribution in [0.1, 0.15) is 25.3 Å². The zero-order valence-electron chi connectivity index (χ0n) is 8.28. The summed E-state index contributed by atoms with van der Waals surface area (Å²) in [5, 5.41) is 12.8. The van der Waals surface area contributed by atoms with Crippen LogP contribution in [0.5, 0.6) is 0 Å². The lowest BCUT2D eigenvalue weighted by molar-refractivity contribution is -0.117. The molecule has 0 saturated carbocycles. The molecule has 0 aliphatic carbocycles. The van der Waals surface area contributed by atoms with E-state index in [2.05, 4.69) is 5.16 Å². The standard InChI is InChI=1S/C9H14N2O3/c1-9(2,5-12)7-3-6(14-11-7)4-8(10)13/h3,12H,4-5H2,1-2H3,(H2,10,13). The average Bonchev–Trinajstić information content (AvgIpc) is 2.52. The van der Waals surface area contributed by atoms with E-state index in [-0.39, 0.29) is 13.0 Å². The lowest BCUT2D eigenvalue weighted by atomic mass is 9.90. The summed E-state index contributed by atoms with van der Waals surface area (Å²) in [7, 11) is 0. The van der Waals surface area contributed by atoms with Gasteiger partial charge in [-0.3, -0.25) is 4.79 Å². The van der Waals surface area contributed by atoms with Crippen molar-refractivity contribution in [1.29, 1.82) is 0 Å². The van der Waals surface area contributed by atoms with Crippen molar-refractivity contribution < 1.29 is 14.4 Å². The van der Waals surface area contributed by atoms with Gasteiger partial charge in [-0.2, -0.15) is 0 Å². The number of rotatable bonds is 4. The van der Waals surface area contributed by atoms with Gasteiger partial charge in [-0.15, -0.1) is 0 Å². The normalized spacial score (nSPS) is 11.6. The molecule has 5 heteroatoms. The second kappa shape index (κ2) is 3.79. The maximum atomic E-state index is 10.6. The maximum Gasteiger partial charge on any atom is 0.225 e. The van der Waals surface area contributed by atoms with Gasteiger partial charge in [-0.25, -0.2) is 0 Å². The van der Waals surface area contributed by atoms with E-state index < -0.39 is 11.3 Å². The van der Waals surface area contributed by atoms with Gasteiger partial charge in [0.25, 0.3) is 0 Å². The van der Waals surface area contributed by atoms with E-state index >= 15 is 0 Å². The highest BCUT2D eigenvalue weighted by Gasteiger charge is 2.24. The molecular weight excluding hydrogens is 184 g/mol. The first-order valence-corrected chi connectivity index (χ1v) is 4.31. The van der Waals surface area contributed by atoms with Crippen molar-refractivity contribution >= 4 is 5.91 Å². The largest absolute Gasteiger partial charge is 0.395 e. The Balaban J connectivity index is 2.82. The molecule has 0 atom stereocenters. The van der Waals surface area contributed by atoms with E-state index in [1.807, 2.05) is 13.8 Å². The lowest BCUT2D eigenvalue weighted by Gasteiger charge is -2.16. The lowest BCUT2D eigenvalue weighted by Crippen LogP contribution is -2.22. The van der Waals surface area contributed by atoms with Gasteiger partial charge in [-0.05, 0) is 0 Å². The molecule has 0 aromatic carbocycles. The Kier molecular flexibility index (Phi) is 2.90. The van der Waals surface area contributed by atoms with Crippen molar-refractivity contribution in [2.45, 2.75) is 25.7 Å². The quantitative estimate of drug-likeness (QED) is 0.711. The topological polar surface area (TPSA) is 89.4 Å². The van der Waals surface area contributed by atoms with E-state index in [4.69, 9.17) is 15.4 Å². The van der Waals surface area contributed by atoms with Gasteiger partial charge >= 0.3 is 0 Å². The molecule has 0 aliphatic rings. The predicted octanol–water partition coefficient (Wildman–Crippen LogP) is -0.0277. The number of aliphatic hydroxyl groups is 1. The molecule has 14 heavy (non-hydrogen) atoms. The summed E-state index contributed by atoms with van der Waals surface area (Å²) in [6, 6.07) is 1.64. The van der Waals surface area contributed by atoms with Gasteiger partial charge in [0.1, 0.15) is 5.76 Å². The van der Waals surface area contributed by atoms with Crippen molar-refractivity contribution in [3.05, 3.63) is 17.5 Å². The fourth-order valence-electron chi connectivity index (χ4n) is 0.968. The Morgan fingerprint density at radius 1 is 1.71 bits per heavy atom. The van der Waals surface area contributed by atoms with Crippen LogP contribution >= 0.6 is 0 Å². The van der Waals surface area contributed by atoms with E-state index in [0.717, 1.165) is 0 Å². The van der Waals surface area contributed by atoms with Crippen LogP contribution in [-0.2, 0) is 16.6 Å². The predicted molar refractivity (Wildman–Crippen MR) is 49.5 cm³/mol. The summed E-state index contributed by atoms with van der Waals surface area (Å²) in [4.78, 5) is 10.6. The number of primary amides is 1. The number of nitrogens with two attached hydrogens (primary N) is 1. The highest BCUT2D eigenvalue weighted by Crippen LogP contribution is 2.21. The summed E-state index contributed by atoms with van der Waals surface area (Å²) in [5.74, 6) is -0.0384. The molecule has 1 heterocycles. The van der Waals surface area contributed by atoms with E-state index in [1.54, 1.807) is 6.07 Å². The van der Waals surface area contributed by atoms with Gasteiger partial charge in [0.15, 0.2) is 0 Å². The van der Waals surface area contributed by atoms with Crippen LogP contribution in [0.3, 0.4) is 0 Å². The average molecular weight is 198 g/mol. The molecule has 3 N–H and O–H groups in total. The minimum atomic E-state index is -0.463. The second-order valence-corrected chi connectivity index (χ2v) is 3.86. The number of nitrogens with zero attached hydrogens (tertiary/aromatic N) is 1. The highest BCUT2D eigenvalue weighted by atomic mass is 16.5. The molecule has 0 radical (unpaired) electrons. The number of carbonyl (C=O) groups is 1. The SMILES string of the molecule is CC(C)(CO)c1cc(CC(N)=O)on1. The summed E-state index contributed by atoms with van der Waals surface area (Å²) in [6.45, 7) is 3.63. The smallest absolute Gasteiger partial charge is 0.225 e. The Morgan fingerprint density at radius 2 is 2.36 bits per heavy atom. The van der Waals surface area contributed by atoms with Crippen molar-refractivity contribution in [2.24, 2.45) is 5.73 Å². The Morgan fingerprint density at radius 3 is 2.86 bits per heavy atom. The molecule has 1 aromatic heterocycles. The second-order valence-electron chi connectivity index (χ2n) is 3.86. The summed E-state index contributed by atoms with van der Waals surface area (Å²) < 4.78 is 4.90. The minimum Gasteiger partial charge on any atom is -0.395 e. The van der Waals surface area contributed by atoms with Crippen LogP contribution < -0.4 is 5.73 Å². The van der Waals surface area contributed by atoms with Crippen LogP contribution in [-0.4, -0.2) is 22.8 Å².